The Morgan fingerprint density at radius 3 is 1.39 bits per heavy atom. The van der Waals surface area contributed by atoms with Crippen molar-refractivity contribution in [1.82, 2.24) is 80.1 Å². The van der Waals surface area contributed by atoms with Gasteiger partial charge in [-0.25, -0.2) is 39.1 Å². The third-order valence-corrected chi connectivity index (χ3v) is 19.7. The first-order valence-corrected chi connectivity index (χ1v) is 40.5. The fraction of sp³-hybridized carbons (Fsp3) is 0.580. The number of aromatic nitrogens is 10. The van der Waals surface area contributed by atoms with Crippen LogP contribution in [-0.4, -0.2) is 250 Å². The summed E-state index contributed by atoms with van der Waals surface area (Å²) in [6.45, 7) is 18.4. The maximum absolute atomic E-state index is 13.8. The predicted octanol–water partition coefficient (Wildman–Crippen LogP) is 3.94. The van der Waals surface area contributed by atoms with Crippen LogP contribution < -0.4 is 49.8 Å². The molecule has 119 heavy (non-hydrogen) atoms. The molecule has 7 aromatic rings. The Labute approximate surface area is 690 Å². The number of ether oxygens (including phenoxy) is 9. The number of pyridine rings is 2. The van der Waals surface area contributed by atoms with Gasteiger partial charge in [-0.05, 0) is 106 Å². The topological polar surface area (TPSA) is 505 Å². The van der Waals surface area contributed by atoms with Gasteiger partial charge in [-0.2, -0.15) is 0 Å². The summed E-state index contributed by atoms with van der Waals surface area (Å²) < 4.78 is 52.5. The highest BCUT2D eigenvalue weighted by molar-refractivity contribution is 5.93. The smallest absolute Gasteiger partial charge is 0.410 e. The molecule has 2 fully saturated rings. The number of fused-ring (bicyclic) bond motifs is 2. The van der Waals surface area contributed by atoms with Gasteiger partial charge in [0.25, 0.3) is 0 Å². The zero-order valence-electron chi connectivity index (χ0n) is 69.1. The van der Waals surface area contributed by atoms with Gasteiger partial charge in [-0.3, -0.25) is 47.9 Å². The highest BCUT2D eigenvalue weighted by Crippen LogP contribution is 2.29. The number of urea groups is 1. The Morgan fingerprint density at radius 2 is 0.966 bits per heavy atom. The van der Waals surface area contributed by atoms with Crippen LogP contribution >= 0.6 is 0 Å². The number of anilines is 2. The lowest BCUT2D eigenvalue weighted by molar-refractivity contribution is -0.137. The lowest BCUT2D eigenvalue weighted by Crippen LogP contribution is -2.46. The maximum Gasteiger partial charge on any atom is 0.410 e. The molecule has 2 atom stereocenters. The number of carbonyl (C=O) groups excluding carboxylic acids is 8. The summed E-state index contributed by atoms with van der Waals surface area (Å²) in [7, 11) is 0. The lowest BCUT2D eigenvalue weighted by atomic mass is 9.88. The number of imidazole rings is 2. The van der Waals surface area contributed by atoms with E-state index in [1.54, 1.807) is 61.5 Å². The van der Waals surface area contributed by atoms with Crippen molar-refractivity contribution in [1.29, 1.82) is 0 Å². The number of hydrogen-bond donors (Lipinski definition) is 9. The lowest BCUT2D eigenvalue weighted by Gasteiger charge is -2.37. The second kappa shape index (κ2) is 50.2. The van der Waals surface area contributed by atoms with Crippen LogP contribution in [0.3, 0.4) is 0 Å². The zero-order valence-corrected chi connectivity index (χ0v) is 69.1. The normalized spacial score (nSPS) is 13.2. The standard InChI is InChI=1S/C51H73N11O12.C30H44N8O7/c1-33(2)42(28-41(64)16-19-70-21-23-72-25-26-73-24-22-71-20-18-54-35(4)63)48(66)59-43(9-6-17-55-49(53)67)44(65)27-36-10-12-37(13-11-36)32-74-51(69)61(40-7-5-8-40)30-38-14-15-39(56-29-38)31-62-47-45(60-50(62)68)46(52)57-34(3)58-47;1-21-34-28(31)27-29(35-21)38(30(41)36-27)20-24-7-6-23(18-33-24)19-37(25-4-3-5-25)26(40)8-10-42-12-14-44-16-17-45-15-13-43-11-9-32-22(2)39/h10-15,29,33,40,42-43H,5-9,16-28,30-32H2,1-4H3,(H,54,63)(H,59,66)(H,60,68)(H2,52,57,58)(H3,53,55,67);6-7,18,25H,3-5,8-17,19-20H2,1-2H3,(H,32,39)(H,36,41)(H2,31,34,35)/t42-,43-;/m0./s1. The second-order valence-electron chi connectivity index (χ2n) is 29.3. The second-order valence-corrected chi connectivity index (χ2v) is 29.3. The molecule has 1 aromatic carbocycles. The van der Waals surface area contributed by atoms with E-state index >= 15 is 0 Å². The van der Waals surface area contributed by atoms with Crippen molar-refractivity contribution in [3.63, 3.8) is 0 Å². The molecule has 2 aliphatic rings. The maximum atomic E-state index is 13.8. The molecule has 2 saturated carbocycles. The van der Waals surface area contributed by atoms with Crippen molar-refractivity contribution in [2.24, 2.45) is 17.6 Å². The molecule has 0 radical (unpaired) electrons. The van der Waals surface area contributed by atoms with Crippen LogP contribution in [-0.2, 0) is 111 Å². The number of aromatic amines is 2. The minimum atomic E-state index is -0.899. The molecular formula is C81H117N19O19. The third-order valence-electron chi connectivity index (χ3n) is 19.7. The number of amides is 7. The number of nitrogen functional groups attached to an aromatic ring is 2. The van der Waals surface area contributed by atoms with Crippen LogP contribution in [0, 0.1) is 25.7 Å². The Balaban J connectivity index is 0.000000333. The number of nitrogens with one attached hydrogen (secondary N) is 6. The monoisotopic (exact) mass is 1660 g/mol. The van der Waals surface area contributed by atoms with E-state index in [1.807, 2.05) is 36.9 Å². The van der Waals surface area contributed by atoms with Gasteiger partial charge in [0.2, 0.25) is 23.6 Å². The summed E-state index contributed by atoms with van der Waals surface area (Å²) in [5.41, 5.74) is 22.5. The molecule has 6 aromatic heterocycles. The molecule has 7 amide bonds. The van der Waals surface area contributed by atoms with Crippen LogP contribution in [0.1, 0.15) is 144 Å². The van der Waals surface area contributed by atoms with Crippen LogP contribution in [0.2, 0.25) is 0 Å². The molecule has 12 N–H and O–H groups in total. The summed E-state index contributed by atoms with van der Waals surface area (Å²) in [6, 6.07) is 13.2. The van der Waals surface area contributed by atoms with Crippen molar-refractivity contribution in [3.8, 4) is 0 Å². The van der Waals surface area contributed by atoms with Gasteiger partial charge in [-0.1, -0.05) is 50.2 Å². The van der Waals surface area contributed by atoms with Gasteiger partial charge in [0.05, 0.1) is 149 Å². The largest absolute Gasteiger partial charge is 0.445 e. The fourth-order valence-corrected chi connectivity index (χ4v) is 12.8. The summed E-state index contributed by atoms with van der Waals surface area (Å²) in [5.74, 6) is -0.506. The molecule has 6 heterocycles. The number of aryl methyl sites for hydroxylation is 2. The molecule has 0 unspecified atom stereocenters. The van der Waals surface area contributed by atoms with E-state index in [1.165, 1.54) is 23.0 Å². The quantitative estimate of drug-likeness (QED) is 0.0244. The van der Waals surface area contributed by atoms with E-state index in [0.717, 1.165) is 49.7 Å². The molecule has 0 spiro atoms. The molecule has 38 heteroatoms. The minimum absolute atomic E-state index is 0.000184. The molecule has 650 valence electrons. The van der Waals surface area contributed by atoms with Crippen molar-refractivity contribution in [2.75, 3.05) is 137 Å². The number of carbonyl (C=O) groups is 8. The molecule has 0 bridgehead atoms. The number of rotatable bonds is 54. The zero-order chi connectivity index (χ0) is 85.4. The summed E-state index contributed by atoms with van der Waals surface area (Å²) in [5, 5.41) is 10.7. The number of nitrogens with two attached hydrogens (primary N) is 3. The SMILES string of the molecule is CC(=O)NCCOCCOCCOCCOCCC(=O)C[C@H](C(=O)N[C@@H](CCCNC(N)=O)C(=O)Cc1ccc(COC(=O)N(Cc2ccc(Cn3c(=O)[nH]c4c(N)nc(C)nc43)nc2)C2CCC2)cc1)C(C)C.CC(=O)NCCOCCOCCOCCOCCC(=O)N(Cc1ccc(Cn2c(=O)[nH]c3c(N)nc(C)nc32)nc1)C1CCC1. The predicted molar refractivity (Wildman–Crippen MR) is 438 cm³/mol. The van der Waals surface area contributed by atoms with Gasteiger partial charge in [0, 0.05) is 89.7 Å². The van der Waals surface area contributed by atoms with Crippen molar-refractivity contribution < 1.29 is 81.0 Å². The van der Waals surface area contributed by atoms with Crippen molar-refractivity contribution >= 4 is 81.3 Å². The summed E-state index contributed by atoms with van der Waals surface area (Å²) in [6.07, 6.45) is 9.73. The van der Waals surface area contributed by atoms with Gasteiger partial charge in [-0.15, -0.1) is 0 Å². The van der Waals surface area contributed by atoms with Gasteiger partial charge in [0.15, 0.2) is 28.7 Å². The van der Waals surface area contributed by atoms with E-state index in [0.29, 0.717) is 181 Å². The van der Waals surface area contributed by atoms with Crippen molar-refractivity contribution in [3.05, 3.63) is 127 Å². The number of benzene rings is 1. The van der Waals surface area contributed by atoms with Crippen LogP contribution in [0.25, 0.3) is 22.3 Å². The van der Waals surface area contributed by atoms with E-state index in [2.05, 4.69) is 61.1 Å². The van der Waals surface area contributed by atoms with Gasteiger partial charge in [0.1, 0.15) is 35.1 Å². The molecule has 0 aliphatic heterocycles. The molecule has 0 saturated heterocycles. The highest BCUT2D eigenvalue weighted by atomic mass is 16.6. The molecule has 9 rings (SSSR count). The first kappa shape index (κ1) is 93.8. The number of H-pyrrole nitrogens is 2. The average molecular weight is 1660 g/mol. The number of ketones is 2. The van der Waals surface area contributed by atoms with Crippen LogP contribution in [0.15, 0.2) is 70.5 Å². The first-order valence-electron chi connectivity index (χ1n) is 40.5. The minimum Gasteiger partial charge on any atom is -0.445 e. The van der Waals surface area contributed by atoms with Gasteiger partial charge < -0.3 is 101 Å². The number of Topliss-reactive ketones (excluding diaryl/α,β-unsaturated/α-hetero) is 2. The average Bonchev–Trinajstić information content (AvgIpc) is 1.64. The summed E-state index contributed by atoms with van der Waals surface area (Å²) >= 11 is 0. The van der Waals surface area contributed by atoms with Crippen molar-refractivity contribution in [2.45, 2.75) is 170 Å². The third kappa shape index (κ3) is 32.5. The molecule has 2 aliphatic carbocycles. The number of primary amides is 1. The summed E-state index contributed by atoms with van der Waals surface area (Å²) in [4.78, 5) is 161. The fourth-order valence-electron chi connectivity index (χ4n) is 12.8. The van der Waals surface area contributed by atoms with Crippen LogP contribution in [0.4, 0.5) is 21.2 Å². The molecule has 38 nitrogen and oxygen atoms in total. The van der Waals surface area contributed by atoms with E-state index in [4.69, 9.17) is 59.8 Å². The Kier molecular flexibility index (Phi) is 39.6. The Hall–Kier alpha value is -10.7. The highest BCUT2D eigenvalue weighted by Gasteiger charge is 2.33. The van der Waals surface area contributed by atoms with E-state index in [9.17, 15) is 47.9 Å². The van der Waals surface area contributed by atoms with Gasteiger partial charge >= 0.3 is 23.5 Å². The number of nitrogens with zero attached hydrogens (tertiary/aromatic N) is 10. The van der Waals surface area contributed by atoms with E-state index < -0.39 is 30.0 Å². The Morgan fingerprint density at radius 1 is 0.538 bits per heavy atom. The number of hydrogen-bond acceptors (Lipinski definition) is 27. The van der Waals surface area contributed by atoms with Crippen LogP contribution in [0.5, 0.6) is 0 Å². The van der Waals surface area contributed by atoms with E-state index in [-0.39, 0.29) is 142 Å². The Bertz CT molecular complexity index is 4490. The molecular weight excluding hydrogens is 1540 g/mol. The first-order chi connectivity index (χ1) is 57.4.